The Kier molecular flexibility index (Phi) is 3.21. The monoisotopic (exact) mass is 315 g/mol. The molecule has 0 saturated heterocycles. The number of alkyl halides is 1. The highest BCUT2D eigenvalue weighted by molar-refractivity contribution is 5.92. The number of amides is 1. The van der Waals surface area contributed by atoms with Crippen LogP contribution in [0.2, 0.25) is 0 Å². The molecule has 0 atom stereocenters. The van der Waals surface area contributed by atoms with E-state index in [1.165, 1.54) is 0 Å². The van der Waals surface area contributed by atoms with Crippen LogP contribution < -0.4 is 5.73 Å². The molecule has 0 bridgehead atoms. The number of nitrogens with zero attached hydrogens (tertiary/aromatic N) is 2. The summed E-state index contributed by atoms with van der Waals surface area (Å²) >= 11 is 0. The third-order valence-corrected chi connectivity index (χ3v) is 5.10. The number of aromatic nitrogens is 2. The molecule has 2 fully saturated rings. The molecule has 1 aromatic heterocycles. The summed E-state index contributed by atoms with van der Waals surface area (Å²) in [7, 11) is 0. The highest BCUT2D eigenvalue weighted by atomic mass is 19.1. The quantitative estimate of drug-likeness (QED) is 0.940. The minimum Gasteiger partial charge on any atom is -0.366 e. The van der Waals surface area contributed by atoms with Crippen molar-refractivity contribution >= 4 is 5.91 Å². The van der Waals surface area contributed by atoms with Crippen molar-refractivity contribution in [3.05, 3.63) is 47.1 Å². The zero-order valence-electron chi connectivity index (χ0n) is 12.7. The van der Waals surface area contributed by atoms with Crippen LogP contribution in [0.4, 0.5) is 4.39 Å². The molecule has 5 nitrogen and oxygen atoms in total. The van der Waals surface area contributed by atoms with Crippen LogP contribution in [0.3, 0.4) is 0 Å². The Morgan fingerprint density at radius 2 is 1.96 bits per heavy atom. The van der Waals surface area contributed by atoms with Crippen molar-refractivity contribution in [3.63, 3.8) is 0 Å². The fourth-order valence-corrected chi connectivity index (χ4v) is 3.85. The largest absolute Gasteiger partial charge is 0.366 e. The van der Waals surface area contributed by atoms with Crippen molar-refractivity contribution in [1.29, 1.82) is 0 Å². The highest BCUT2D eigenvalue weighted by Gasteiger charge is 2.54. The third kappa shape index (κ3) is 2.62. The number of halogens is 1. The van der Waals surface area contributed by atoms with Crippen LogP contribution in [0.5, 0.6) is 0 Å². The van der Waals surface area contributed by atoms with Gasteiger partial charge in [0.1, 0.15) is 6.17 Å². The molecule has 2 saturated carbocycles. The van der Waals surface area contributed by atoms with Crippen LogP contribution in [-0.4, -0.2) is 22.2 Å². The lowest BCUT2D eigenvalue weighted by molar-refractivity contribution is -0.0616. The Morgan fingerprint density at radius 3 is 2.57 bits per heavy atom. The van der Waals surface area contributed by atoms with Gasteiger partial charge in [0.2, 0.25) is 11.8 Å². The van der Waals surface area contributed by atoms with E-state index in [1.807, 2.05) is 12.1 Å². The van der Waals surface area contributed by atoms with Crippen LogP contribution in [0.15, 0.2) is 28.8 Å². The molecule has 1 aromatic carbocycles. The lowest BCUT2D eigenvalue weighted by Crippen LogP contribution is -2.47. The number of carbonyl (C=O) groups excluding carboxylic acids is 1. The van der Waals surface area contributed by atoms with Gasteiger partial charge in [-0.25, -0.2) is 4.39 Å². The topological polar surface area (TPSA) is 82.0 Å². The number of nitrogens with two attached hydrogens (primary N) is 1. The molecule has 1 heterocycles. The molecule has 0 radical (unpaired) electrons. The van der Waals surface area contributed by atoms with Gasteiger partial charge in [-0.15, -0.1) is 0 Å². The van der Waals surface area contributed by atoms with Crippen LogP contribution >= 0.6 is 0 Å². The first-order valence-corrected chi connectivity index (χ1v) is 7.88. The minimum atomic E-state index is -0.613. The van der Waals surface area contributed by atoms with Gasteiger partial charge in [0.25, 0.3) is 0 Å². The number of rotatable bonds is 4. The maximum Gasteiger partial charge on any atom is 0.248 e. The first-order chi connectivity index (χ1) is 11.0. The summed E-state index contributed by atoms with van der Waals surface area (Å²) < 4.78 is 18.4. The van der Waals surface area contributed by atoms with Crippen molar-refractivity contribution in [3.8, 4) is 0 Å². The SMILES string of the molecule is NC(=O)c1ccc(Cc2noc(C3CC4(CC(F)C4)C3)n2)cc1. The molecule has 6 heteroatoms. The standard InChI is InChI=1S/C17H18FN3O2/c18-13-8-17(9-13)6-12(7-17)16-20-14(21-23-16)5-10-1-3-11(4-2-10)15(19)22/h1-4,12-13H,5-9H2,(H2,19,22). The van der Waals surface area contributed by atoms with Crippen molar-refractivity contribution in [1.82, 2.24) is 10.1 Å². The number of hydrogen-bond donors (Lipinski definition) is 1. The number of hydrogen-bond acceptors (Lipinski definition) is 4. The summed E-state index contributed by atoms with van der Waals surface area (Å²) in [6.45, 7) is 0. The second-order valence-electron chi connectivity index (χ2n) is 6.90. The second-order valence-corrected chi connectivity index (χ2v) is 6.90. The smallest absolute Gasteiger partial charge is 0.248 e. The molecule has 0 aliphatic heterocycles. The summed E-state index contributed by atoms with van der Waals surface area (Å²) in [5.41, 5.74) is 6.90. The minimum absolute atomic E-state index is 0.212. The first-order valence-electron chi connectivity index (χ1n) is 7.88. The Balaban J connectivity index is 1.38. The van der Waals surface area contributed by atoms with Crippen LogP contribution in [-0.2, 0) is 6.42 Å². The van der Waals surface area contributed by atoms with Gasteiger partial charge < -0.3 is 10.3 Å². The van der Waals surface area contributed by atoms with Crippen LogP contribution in [0.1, 0.15) is 59.2 Å². The Morgan fingerprint density at radius 1 is 1.26 bits per heavy atom. The van der Waals surface area contributed by atoms with E-state index < -0.39 is 12.1 Å². The third-order valence-electron chi connectivity index (χ3n) is 5.10. The fraction of sp³-hybridized carbons (Fsp3) is 0.471. The Bertz CT molecular complexity index is 727. The van der Waals surface area contributed by atoms with Crippen molar-refractivity contribution in [2.24, 2.45) is 11.1 Å². The predicted molar refractivity (Wildman–Crippen MR) is 80.6 cm³/mol. The van der Waals surface area contributed by atoms with E-state index in [2.05, 4.69) is 10.1 Å². The lowest BCUT2D eigenvalue weighted by Gasteiger charge is -2.54. The summed E-state index contributed by atoms with van der Waals surface area (Å²) in [5.74, 6) is 1.14. The first kappa shape index (κ1) is 14.4. The Hall–Kier alpha value is -2.24. The molecule has 120 valence electrons. The molecule has 1 spiro atoms. The zero-order chi connectivity index (χ0) is 16.0. The normalized spacial score (nSPS) is 29.1. The maximum atomic E-state index is 13.0. The van der Waals surface area contributed by atoms with E-state index >= 15 is 0 Å². The van der Waals surface area contributed by atoms with Gasteiger partial charge in [-0.2, -0.15) is 4.98 Å². The summed E-state index contributed by atoms with van der Waals surface area (Å²) in [5, 5.41) is 4.03. The fourth-order valence-electron chi connectivity index (χ4n) is 3.85. The average Bonchev–Trinajstić information content (AvgIpc) is 2.90. The molecule has 0 unspecified atom stereocenters. The molecule has 1 amide bonds. The van der Waals surface area contributed by atoms with Crippen molar-refractivity contribution in [2.45, 2.75) is 44.2 Å². The molecular formula is C17H18FN3O2. The predicted octanol–water partition coefficient (Wildman–Crippen LogP) is 2.76. The van der Waals surface area contributed by atoms with E-state index in [0.29, 0.717) is 36.5 Å². The molecule has 2 aliphatic rings. The molecular weight excluding hydrogens is 297 g/mol. The highest BCUT2D eigenvalue weighted by Crippen LogP contribution is 2.62. The van der Waals surface area contributed by atoms with E-state index in [4.69, 9.17) is 10.3 Å². The van der Waals surface area contributed by atoms with Gasteiger partial charge in [0.15, 0.2) is 5.82 Å². The van der Waals surface area contributed by atoms with Gasteiger partial charge in [0.05, 0.1) is 0 Å². The summed E-state index contributed by atoms with van der Waals surface area (Å²) in [4.78, 5) is 15.5. The average molecular weight is 315 g/mol. The second kappa shape index (κ2) is 5.15. The molecule has 4 rings (SSSR count). The van der Waals surface area contributed by atoms with E-state index in [-0.39, 0.29) is 11.3 Å². The summed E-state index contributed by atoms with van der Waals surface area (Å²) in [6, 6.07) is 7.06. The zero-order valence-corrected chi connectivity index (χ0v) is 12.7. The lowest BCUT2D eigenvalue weighted by atomic mass is 9.51. The number of primary amides is 1. The Labute approximate surface area is 133 Å². The van der Waals surface area contributed by atoms with Crippen LogP contribution in [0.25, 0.3) is 0 Å². The maximum absolute atomic E-state index is 13.0. The van der Waals surface area contributed by atoms with Gasteiger partial charge in [-0.3, -0.25) is 4.79 Å². The number of benzene rings is 1. The molecule has 23 heavy (non-hydrogen) atoms. The van der Waals surface area contributed by atoms with E-state index in [9.17, 15) is 9.18 Å². The molecule has 2 aromatic rings. The van der Waals surface area contributed by atoms with Gasteiger partial charge in [-0.05, 0) is 48.8 Å². The molecule has 2 N–H and O–H groups in total. The van der Waals surface area contributed by atoms with E-state index in [0.717, 1.165) is 18.4 Å². The molecule has 2 aliphatic carbocycles. The van der Waals surface area contributed by atoms with Gasteiger partial charge in [-0.1, -0.05) is 17.3 Å². The number of carbonyl (C=O) groups is 1. The van der Waals surface area contributed by atoms with Crippen molar-refractivity contribution in [2.75, 3.05) is 0 Å². The summed E-state index contributed by atoms with van der Waals surface area (Å²) in [6.07, 6.45) is 3.24. The van der Waals surface area contributed by atoms with E-state index in [1.54, 1.807) is 12.1 Å². The van der Waals surface area contributed by atoms with Crippen molar-refractivity contribution < 1.29 is 13.7 Å². The van der Waals surface area contributed by atoms with Gasteiger partial charge in [0, 0.05) is 17.9 Å². The van der Waals surface area contributed by atoms with Crippen LogP contribution in [0, 0.1) is 5.41 Å². The van der Waals surface area contributed by atoms with Gasteiger partial charge >= 0.3 is 0 Å².